The molecule has 0 aliphatic heterocycles. The number of thiocarbonyl (C=S) groups is 1. The zero-order valence-electron chi connectivity index (χ0n) is 11.1. The third-order valence-electron chi connectivity index (χ3n) is 2.97. The van der Waals surface area contributed by atoms with Gasteiger partial charge in [0.2, 0.25) is 0 Å². The number of anilines is 2. The van der Waals surface area contributed by atoms with Gasteiger partial charge in [0.1, 0.15) is 10.8 Å². The summed E-state index contributed by atoms with van der Waals surface area (Å²) in [5.41, 5.74) is 8.90. The molecule has 4 heteroatoms. The van der Waals surface area contributed by atoms with Gasteiger partial charge in [-0.15, -0.1) is 0 Å². The fourth-order valence-electron chi connectivity index (χ4n) is 1.98. The van der Waals surface area contributed by atoms with Crippen molar-refractivity contribution < 1.29 is 0 Å². The number of rotatable bonds is 4. The van der Waals surface area contributed by atoms with E-state index in [9.17, 15) is 0 Å². The molecule has 0 unspecified atom stereocenters. The highest BCUT2D eigenvalue weighted by atomic mass is 32.1. The van der Waals surface area contributed by atoms with Crippen molar-refractivity contribution in [3.63, 3.8) is 0 Å². The number of nitrogens with zero attached hydrogens (tertiary/aromatic N) is 2. The summed E-state index contributed by atoms with van der Waals surface area (Å²) in [6, 6.07) is 12.1. The number of hydrogen-bond donors (Lipinski definition) is 1. The molecule has 0 atom stereocenters. The van der Waals surface area contributed by atoms with E-state index in [2.05, 4.69) is 48.0 Å². The van der Waals surface area contributed by atoms with E-state index in [0.717, 1.165) is 23.6 Å². The Kier molecular flexibility index (Phi) is 4.12. The van der Waals surface area contributed by atoms with Crippen LogP contribution in [0.5, 0.6) is 0 Å². The van der Waals surface area contributed by atoms with Crippen LogP contribution in [0.2, 0.25) is 0 Å². The molecule has 1 heterocycles. The predicted molar refractivity (Wildman–Crippen MR) is 84.0 cm³/mol. The molecule has 3 nitrogen and oxygen atoms in total. The van der Waals surface area contributed by atoms with Crippen molar-refractivity contribution in [2.45, 2.75) is 13.8 Å². The Hall–Kier alpha value is -1.94. The Morgan fingerprint density at radius 3 is 2.53 bits per heavy atom. The van der Waals surface area contributed by atoms with Gasteiger partial charge in [0.25, 0.3) is 0 Å². The van der Waals surface area contributed by atoms with E-state index >= 15 is 0 Å². The summed E-state index contributed by atoms with van der Waals surface area (Å²) < 4.78 is 0. The maximum absolute atomic E-state index is 5.77. The summed E-state index contributed by atoms with van der Waals surface area (Å²) in [5.74, 6) is 0.807. The second-order valence-electron chi connectivity index (χ2n) is 4.32. The molecule has 1 aromatic heterocycles. The van der Waals surface area contributed by atoms with E-state index in [4.69, 9.17) is 18.0 Å². The summed E-state index contributed by atoms with van der Waals surface area (Å²) in [4.78, 5) is 6.90. The van der Waals surface area contributed by atoms with Gasteiger partial charge in [0.15, 0.2) is 0 Å². The summed E-state index contributed by atoms with van der Waals surface area (Å²) in [6.07, 6.45) is 1.76. The highest BCUT2D eigenvalue weighted by Gasteiger charge is 2.14. The topological polar surface area (TPSA) is 42.2 Å². The fourth-order valence-corrected chi connectivity index (χ4v) is 2.14. The van der Waals surface area contributed by atoms with E-state index in [1.165, 1.54) is 5.56 Å². The lowest BCUT2D eigenvalue weighted by Crippen LogP contribution is -2.22. The molecule has 0 saturated carbocycles. The molecule has 0 amide bonds. The van der Waals surface area contributed by atoms with Gasteiger partial charge in [0, 0.05) is 18.4 Å². The van der Waals surface area contributed by atoms with Crippen molar-refractivity contribution in [1.82, 2.24) is 4.98 Å². The zero-order chi connectivity index (χ0) is 13.8. The first kappa shape index (κ1) is 13.5. The number of aryl methyl sites for hydroxylation is 1. The third kappa shape index (κ3) is 2.90. The molecule has 0 aliphatic rings. The summed E-state index contributed by atoms with van der Waals surface area (Å²) in [7, 11) is 0. The normalized spacial score (nSPS) is 10.2. The summed E-state index contributed by atoms with van der Waals surface area (Å²) in [6.45, 7) is 4.95. The molecule has 19 heavy (non-hydrogen) atoms. The van der Waals surface area contributed by atoms with Crippen LogP contribution >= 0.6 is 12.2 Å². The first-order valence-electron chi connectivity index (χ1n) is 6.22. The second kappa shape index (κ2) is 5.80. The number of benzene rings is 1. The van der Waals surface area contributed by atoms with Gasteiger partial charge in [-0.2, -0.15) is 0 Å². The Morgan fingerprint density at radius 2 is 1.95 bits per heavy atom. The van der Waals surface area contributed by atoms with Crippen molar-refractivity contribution in [2.75, 3.05) is 11.4 Å². The fraction of sp³-hybridized carbons (Fsp3) is 0.200. The van der Waals surface area contributed by atoms with Gasteiger partial charge >= 0.3 is 0 Å². The van der Waals surface area contributed by atoms with Crippen LogP contribution in [0, 0.1) is 6.92 Å². The lowest BCUT2D eigenvalue weighted by molar-refractivity contribution is 0.987. The first-order valence-corrected chi connectivity index (χ1v) is 6.63. The molecule has 98 valence electrons. The number of hydrogen-bond acceptors (Lipinski definition) is 3. The average molecular weight is 271 g/mol. The Balaban J connectivity index is 2.48. The van der Waals surface area contributed by atoms with Gasteiger partial charge < -0.3 is 10.6 Å². The highest BCUT2D eigenvalue weighted by Crippen LogP contribution is 2.26. The standard InChI is InChI=1S/C15H17N3S/c1-3-18(12-8-6-11(2)7-9-12)15-13(14(16)19)5-4-10-17-15/h4-10H,3H2,1-2H3,(H2,16,19). The minimum absolute atomic E-state index is 0.369. The minimum Gasteiger partial charge on any atom is -0.389 e. The molecule has 2 N–H and O–H groups in total. The van der Waals surface area contributed by atoms with Crippen molar-refractivity contribution in [3.05, 3.63) is 53.7 Å². The molecular formula is C15H17N3S. The zero-order valence-corrected chi connectivity index (χ0v) is 11.9. The van der Waals surface area contributed by atoms with Crippen LogP contribution in [0.3, 0.4) is 0 Å². The maximum Gasteiger partial charge on any atom is 0.143 e. The average Bonchev–Trinajstić information content (AvgIpc) is 2.42. The largest absolute Gasteiger partial charge is 0.389 e. The molecule has 0 bridgehead atoms. The predicted octanol–water partition coefficient (Wildman–Crippen LogP) is 3.18. The monoisotopic (exact) mass is 271 g/mol. The molecule has 0 saturated heterocycles. The number of pyridine rings is 1. The Labute approximate surface area is 119 Å². The van der Waals surface area contributed by atoms with Crippen LogP contribution < -0.4 is 10.6 Å². The molecule has 0 aliphatic carbocycles. The van der Waals surface area contributed by atoms with Crippen molar-refractivity contribution in [2.24, 2.45) is 5.73 Å². The minimum atomic E-state index is 0.369. The second-order valence-corrected chi connectivity index (χ2v) is 4.76. The van der Waals surface area contributed by atoms with Crippen LogP contribution in [0.4, 0.5) is 11.5 Å². The molecule has 2 rings (SSSR count). The first-order chi connectivity index (χ1) is 9.13. The van der Waals surface area contributed by atoms with E-state index in [-0.39, 0.29) is 0 Å². The number of aromatic nitrogens is 1. The SMILES string of the molecule is CCN(c1ccc(C)cc1)c1ncccc1C(N)=S. The van der Waals surface area contributed by atoms with Crippen LogP contribution in [0.1, 0.15) is 18.1 Å². The quantitative estimate of drug-likeness (QED) is 0.867. The number of nitrogens with two attached hydrogens (primary N) is 1. The van der Waals surface area contributed by atoms with Crippen molar-refractivity contribution >= 4 is 28.7 Å². The lowest BCUT2D eigenvalue weighted by atomic mass is 10.2. The molecule has 0 spiro atoms. The molecule has 2 aromatic rings. The van der Waals surface area contributed by atoms with E-state index < -0.39 is 0 Å². The highest BCUT2D eigenvalue weighted by molar-refractivity contribution is 7.80. The van der Waals surface area contributed by atoms with Crippen LogP contribution in [0.25, 0.3) is 0 Å². The van der Waals surface area contributed by atoms with Gasteiger partial charge in [-0.05, 0) is 38.1 Å². The van der Waals surface area contributed by atoms with Crippen LogP contribution in [0.15, 0.2) is 42.6 Å². The summed E-state index contributed by atoms with van der Waals surface area (Å²) in [5, 5.41) is 0. The molecular weight excluding hydrogens is 254 g/mol. The van der Waals surface area contributed by atoms with Crippen molar-refractivity contribution in [3.8, 4) is 0 Å². The van der Waals surface area contributed by atoms with Gasteiger partial charge in [-0.25, -0.2) is 4.98 Å². The van der Waals surface area contributed by atoms with Gasteiger partial charge in [-0.1, -0.05) is 29.9 Å². The Bertz CT molecular complexity index is 578. The molecule has 1 aromatic carbocycles. The van der Waals surface area contributed by atoms with Crippen LogP contribution in [-0.2, 0) is 0 Å². The third-order valence-corrected chi connectivity index (χ3v) is 3.19. The smallest absolute Gasteiger partial charge is 0.143 e. The molecule has 0 fully saturated rings. The van der Waals surface area contributed by atoms with E-state index in [1.54, 1.807) is 6.20 Å². The van der Waals surface area contributed by atoms with Gasteiger partial charge in [0.05, 0.1) is 5.56 Å². The van der Waals surface area contributed by atoms with Gasteiger partial charge in [-0.3, -0.25) is 0 Å². The summed E-state index contributed by atoms with van der Waals surface area (Å²) >= 11 is 5.10. The Morgan fingerprint density at radius 1 is 1.26 bits per heavy atom. The maximum atomic E-state index is 5.77. The van der Waals surface area contributed by atoms with E-state index in [0.29, 0.717) is 4.99 Å². The van der Waals surface area contributed by atoms with E-state index in [1.807, 2.05) is 12.1 Å². The lowest BCUT2D eigenvalue weighted by Gasteiger charge is -2.24. The molecule has 0 radical (unpaired) electrons. The van der Waals surface area contributed by atoms with Crippen molar-refractivity contribution in [1.29, 1.82) is 0 Å². The van der Waals surface area contributed by atoms with Crippen LogP contribution in [-0.4, -0.2) is 16.5 Å².